The number of hydrogen-bond acceptors (Lipinski definition) is 3. The summed E-state index contributed by atoms with van der Waals surface area (Å²) in [7, 11) is 1.81. The van der Waals surface area contributed by atoms with Crippen LogP contribution in [0.3, 0.4) is 0 Å². The van der Waals surface area contributed by atoms with E-state index >= 15 is 0 Å². The van der Waals surface area contributed by atoms with Crippen molar-refractivity contribution in [2.24, 2.45) is 0 Å². The van der Waals surface area contributed by atoms with Gasteiger partial charge in [-0.3, -0.25) is 14.5 Å². The standard InChI is InChI=1S/C18H26BrN3O2/c1-21(13-17(23)20-16-10-6-5-9-15(16)19)14-18(24)22-11-7-3-2-4-8-12-22/h5-6,9-10H,2-4,7-8,11-14H2,1H3,(H,20,23). The third-order valence-corrected chi connectivity index (χ3v) is 4.87. The lowest BCUT2D eigenvalue weighted by Gasteiger charge is -2.27. The number of halogens is 1. The lowest BCUT2D eigenvalue weighted by molar-refractivity contribution is -0.132. The summed E-state index contributed by atoms with van der Waals surface area (Å²) in [5.41, 5.74) is 0.742. The van der Waals surface area contributed by atoms with Gasteiger partial charge in [0.25, 0.3) is 0 Å². The van der Waals surface area contributed by atoms with Gasteiger partial charge in [-0.1, -0.05) is 31.4 Å². The van der Waals surface area contributed by atoms with E-state index in [4.69, 9.17) is 0 Å². The molecular weight excluding hydrogens is 370 g/mol. The van der Waals surface area contributed by atoms with Crippen molar-refractivity contribution in [2.75, 3.05) is 38.5 Å². The average Bonchev–Trinajstić information content (AvgIpc) is 2.48. The van der Waals surface area contributed by atoms with Gasteiger partial charge in [0.1, 0.15) is 0 Å². The van der Waals surface area contributed by atoms with Crippen molar-refractivity contribution < 1.29 is 9.59 Å². The van der Waals surface area contributed by atoms with Crippen LogP contribution in [0.5, 0.6) is 0 Å². The van der Waals surface area contributed by atoms with Crippen LogP contribution in [0.2, 0.25) is 0 Å². The number of anilines is 1. The minimum atomic E-state index is -0.120. The summed E-state index contributed by atoms with van der Waals surface area (Å²) >= 11 is 3.41. The zero-order chi connectivity index (χ0) is 17.4. The van der Waals surface area contributed by atoms with E-state index in [0.29, 0.717) is 0 Å². The molecule has 0 aliphatic carbocycles. The highest BCUT2D eigenvalue weighted by Gasteiger charge is 2.18. The van der Waals surface area contributed by atoms with Gasteiger partial charge in [-0.05, 0) is 48.0 Å². The van der Waals surface area contributed by atoms with Gasteiger partial charge in [0, 0.05) is 17.6 Å². The van der Waals surface area contributed by atoms with Crippen LogP contribution in [0.4, 0.5) is 5.69 Å². The fourth-order valence-electron chi connectivity index (χ4n) is 2.88. The number of amides is 2. The van der Waals surface area contributed by atoms with Gasteiger partial charge < -0.3 is 10.2 Å². The molecule has 1 aliphatic heterocycles. The van der Waals surface area contributed by atoms with Gasteiger partial charge in [-0.2, -0.15) is 0 Å². The zero-order valence-corrected chi connectivity index (χ0v) is 15.8. The quantitative estimate of drug-likeness (QED) is 0.832. The molecule has 2 rings (SSSR count). The largest absolute Gasteiger partial charge is 0.342 e. The van der Waals surface area contributed by atoms with E-state index in [1.165, 1.54) is 19.3 Å². The van der Waals surface area contributed by atoms with Crippen LogP contribution in [-0.4, -0.2) is 54.8 Å². The Bertz CT molecular complexity index is 557. The molecule has 5 nitrogen and oxygen atoms in total. The maximum absolute atomic E-state index is 12.4. The summed E-state index contributed by atoms with van der Waals surface area (Å²) in [5.74, 6) is -0.00189. The monoisotopic (exact) mass is 395 g/mol. The average molecular weight is 396 g/mol. The molecule has 0 spiro atoms. The number of likely N-dealkylation sites (N-methyl/N-ethyl adjacent to an activating group) is 1. The maximum Gasteiger partial charge on any atom is 0.238 e. The molecule has 0 aromatic heterocycles. The number of hydrogen-bond donors (Lipinski definition) is 1. The SMILES string of the molecule is CN(CC(=O)Nc1ccccc1Br)CC(=O)N1CCCCCCC1. The first kappa shape index (κ1) is 18.9. The highest BCUT2D eigenvalue weighted by molar-refractivity contribution is 9.10. The lowest BCUT2D eigenvalue weighted by Crippen LogP contribution is -2.42. The Kier molecular flexibility index (Phi) is 7.72. The third-order valence-electron chi connectivity index (χ3n) is 4.18. The van der Waals surface area contributed by atoms with Crippen LogP contribution in [0, 0.1) is 0 Å². The van der Waals surface area contributed by atoms with E-state index < -0.39 is 0 Å². The molecule has 0 atom stereocenters. The number of likely N-dealkylation sites (tertiary alicyclic amines) is 1. The van der Waals surface area contributed by atoms with E-state index in [9.17, 15) is 9.59 Å². The van der Waals surface area contributed by atoms with E-state index in [-0.39, 0.29) is 24.9 Å². The molecule has 6 heteroatoms. The lowest BCUT2D eigenvalue weighted by atomic mass is 10.1. The molecule has 1 N–H and O–H groups in total. The van der Waals surface area contributed by atoms with Crippen LogP contribution in [0.1, 0.15) is 32.1 Å². The van der Waals surface area contributed by atoms with Gasteiger partial charge >= 0.3 is 0 Å². The minimum Gasteiger partial charge on any atom is -0.342 e. The molecule has 0 saturated carbocycles. The molecule has 1 aromatic rings. The predicted octanol–water partition coefficient (Wildman–Crippen LogP) is 3.11. The van der Waals surface area contributed by atoms with Crippen LogP contribution in [0.15, 0.2) is 28.7 Å². The summed E-state index contributed by atoms with van der Waals surface area (Å²) < 4.78 is 0.845. The number of nitrogens with one attached hydrogen (secondary N) is 1. The first-order valence-corrected chi connectivity index (χ1v) is 9.36. The van der Waals surface area contributed by atoms with E-state index in [0.717, 1.165) is 36.1 Å². The molecule has 1 aromatic carbocycles. The highest BCUT2D eigenvalue weighted by atomic mass is 79.9. The minimum absolute atomic E-state index is 0.119. The fourth-order valence-corrected chi connectivity index (χ4v) is 3.27. The van der Waals surface area contributed by atoms with Crippen molar-refractivity contribution in [3.05, 3.63) is 28.7 Å². The molecule has 0 unspecified atom stereocenters. The smallest absolute Gasteiger partial charge is 0.238 e. The number of benzene rings is 1. The number of rotatable bonds is 5. The Morgan fingerprint density at radius 1 is 1.08 bits per heavy atom. The first-order valence-electron chi connectivity index (χ1n) is 8.57. The predicted molar refractivity (Wildman–Crippen MR) is 99.9 cm³/mol. The number of carbonyl (C=O) groups is 2. The van der Waals surface area contributed by atoms with Crippen molar-refractivity contribution >= 4 is 33.4 Å². The van der Waals surface area contributed by atoms with Crippen molar-refractivity contribution in [1.29, 1.82) is 0 Å². The van der Waals surface area contributed by atoms with Crippen LogP contribution < -0.4 is 5.32 Å². The van der Waals surface area contributed by atoms with Gasteiger partial charge in [-0.15, -0.1) is 0 Å². The molecule has 132 valence electrons. The molecule has 0 radical (unpaired) electrons. The van der Waals surface area contributed by atoms with Gasteiger partial charge in [0.2, 0.25) is 11.8 Å². The molecular formula is C18H26BrN3O2. The van der Waals surface area contributed by atoms with Crippen molar-refractivity contribution in [1.82, 2.24) is 9.80 Å². The summed E-state index contributed by atoms with van der Waals surface area (Å²) in [4.78, 5) is 28.3. The Morgan fingerprint density at radius 2 is 1.71 bits per heavy atom. The van der Waals surface area contributed by atoms with Gasteiger partial charge in [0.05, 0.1) is 18.8 Å². The van der Waals surface area contributed by atoms with Crippen LogP contribution in [-0.2, 0) is 9.59 Å². The summed E-state index contributed by atoms with van der Waals surface area (Å²) in [6.07, 6.45) is 5.84. The normalized spacial score (nSPS) is 15.7. The fraction of sp³-hybridized carbons (Fsp3) is 0.556. The van der Waals surface area contributed by atoms with Gasteiger partial charge in [-0.25, -0.2) is 0 Å². The Labute approximate surface area is 152 Å². The van der Waals surface area contributed by atoms with Crippen LogP contribution in [0.25, 0.3) is 0 Å². The Morgan fingerprint density at radius 3 is 2.38 bits per heavy atom. The molecule has 1 saturated heterocycles. The number of carbonyl (C=O) groups excluding carboxylic acids is 2. The Balaban J connectivity index is 1.79. The highest BCUT2D eigenvalue weighted by Crippen LogP contribution is 2.21. The topological polar surface area (TPSA) is 52.7 Å². The molecule has 1 aliphatic rings. The zero-order valence-electron chi connectivity index (χ0n) is 14.3. The maximum atomic E-state index is 12.4. The van der Waals surface area contributed by atoms with Crippen LogP contribution >= 0.6 is 15.9 Å². The molecule has 1 heterocycles. The molecule has 24 heavy (non-hydrogen) atoms. The van der Waals surface area contributed by atoms with E-state index in [1.54, 1.807) is 4.90 Å². The second-order valence-corrected chi connectivity index (χ2v) is 7.20. The Hall–Kier alpha value is -1.40. The summed E-state index contributed by atoms with van der Waals surface area (Å²) in [6.45, 7) is 2.16. The second-order valence-electron chi connectivity index (χ2n) is 6.35. The summed E-state index contributed by atoms with van der Waals surface area (Å²) in [6, 6.07) is 7.49. The van der Waals surface area contributed by atoms with Gasteiger partial charge in [0.15, 0.2) is 0 Å². The number of para-hydroxylation sites is 1. The molecule has 1 fully saturated rings. The number of nitrogens with zero attached hydrogens (tertiary/aromatic N) is 2. The second kappa shape index (κ2) is 9.79. The molecule has 2 amide bonds. The van der Waals surface area contributed by atoms with E-state index in [2.05, 4.69) is 21.2 Å². The van der Waals surface area contributed by atoms with Crippen molar-refractivity contribution in [3.8, 4) is 0 Å². The van der Waals surface area contributed by atoms with Crippen molar-refractivity contribution in [3.63, 3.8) is 0 Å². The summed E-state index contributed by atoms with van der Waals surface area (Å²) in [5, 5.41) is 2.86. The first-order chi connectivity index (χ1) is 11.6. The molecule has 0 bridgehead atoms. The van der Waals surface area contributed by atoms with E-state index in [1.807, 2.05) is 36.2 Å². The third kappa shape index (κ3) is 6.24. The van der Waals surface area contributed by atoms with Crippen molar-refractivity contribution in [2.45, 2.75) is 32.1 Å².